The summed E-state index contributed by atoms with van der Waals surface area (Å²) in [6.07, 6.45) is 0.324. The van der Waals surface area contributed by atoms with Crippen molar-refractivity contribution in [2.45, 2.75) is 19.4 Å². The molecule has 2 rings (SSSR count). The highest BCUT2D eigenvalue weighted by Gasteiger charge is 2.13. The summed E-state index contributed by atoms with van der Waals surface area (Å²) in [6.45, 7) is 1.36. The molecule has 1 heterocycles. The molecule has 2 amide bonds. The first kappa shape index (κ1) is 21.4. The van der Waals surface area contributed by atoms with Gasteiger partial charge in [-0.3, -0.25) is 14.4 Å². The zero-order valence-electron chi connectivity index (χ0n) is 16.5. The highest BCUT2D eigenvalue weighted by atomic mass is 16.5. The van der Waals surface area contributed by atoms with E-state index in [1.165, 1.54) is 0 Å². The average molecular weight is 389 g/mol. The summed E-state index contributed by atoms with van der Waals surface area (Å²) in [6, 6.07) is 7.33. The molecule has 1 aromatic carbocycles. The second-order valence-corrected chi connectivity index (χ2v) is 6.47. The molecule has 1 aromatic heterocycles. The van der Waals surface area contributed by atoms with Crippen LogP contribution in [0.4, 0.5) is 5.82 Å². The summed E-state index contributed by atoms with van der Waals surface area (Å²) in [5, 5.41) is 5.39. The number of para-hydroxylation sites is 2. The van der Waals surface area contributed by atoms with Crippen molar-refractivity contribution in [1.29, 1.82) is 0 Å². The maximum absolute atomic E-state index is 12.7. The fourth-order valence-corrected chi connectivity index (χ4v) is 2.69. The molecule has 0 atom stereocenters. The third-order valence-corrected chi connectivity index (χ3v) is 4.12. The van der Waals surface area contributed by atoms with E-state index < -0.39 is 0 Å². The van der Waals surface area contributed by atoms with E-state index in [0.29, 0.717) is 30.0 Å². The van der Waals surface area contributed by atoms with E-state index in [-0.39, 0.29) is 43.3 Å². The van der Waals surface area contributed by atoms with E-state index in [4.69, 9.17) is 4.74 Å². The van der Waals surface area contributed by atoms with Crippen molar-refractivity contribution < 1.29 is 14.3 Å². The Morgan fingerprint density at radius 2 is 1.79 bits per heavy atom. The number of ether oxygens (including phenoxy) is 1. The smallest absolute Gasteiger partial charge is 0.293 e. The standard InChI is InChI=1S/C19H27N5O4/c1-23(2)18-19(27)24(15-7-5-4-6-14(15)22-18)12-9-17(26)20-10-8-16(25)21-11-13-28-3/h4-7H,8-13H2,1-3H3,(H,20,26)(H,21,25). The van der Waals surface area contributed by atoms with Crippen molar-refractivity contribution in [3.05, 3.63) is 34.6 Å². The van der Waals surface area contributed by atoms with Gasteiger partial charge in [0.15, 0.2) is 5.82 Å². The van der Waals surface area contributed by atoms with Crippen LogP contribution in [0.1, 0.15) is 12.8 Å². The van der Waals surface area contributed by atoms with E-state index in [1.54, 1.807) is 30.7 Å². The Morgan fingerprint density at radius 1 is 1.11 bits per heavy atom. The molecule has 0 fully saturated rings. The monoisotopic (exact) mass is 389 g/mol. The second-order valence-electron chi connectivity index (χ2n) is 6.47. The van der Waals surface area contributed by atoms with Crippen LogP contribution in [0.5, 0.6) is 0 Å². The van der Waals surface area contributed by atoms with Crippen LogP contribution in [0.3, 0.4) is 0 Å². The van der Waals surface area contributed by atoms with Gasteiger partial charge in [-0.05, 0) is 12.1 Å². The van der Waals surface area contributed by atoms with E-state index in [2.05, 4.69) is 15.6 Å². The molecule has 9 nitrogen and oxygen atoms in total. The van der Waals surface area contributed by atoms with Crippen LogP contribution in [0, 0.1) is 0 Å². The minimum atomic E-state index is -0.242. The minimum Gasteiger partial charge on any atom is -0.383 e. The third kappa shape index (κ3) is 5.78. The Kier molecular flexibility index (Phi) is 7.94. The number of carbonyl (C=O) groups excluding carboxylic acids is 2. The average Bonchev–Trinajstić information content (AvgIpc) is 2.67. The van der Waals surface area contributed by atoms with Crippen LogP contribution in [-0.4, -0.2) is 62.3 Å². The number of benzene rings is 1. The van der Waals surface area contributed by atoms with Crippen molar-refractivity contribution >= 4 is 28.7 Å². The van der Waals surface area contributed by atoms with Gasteiger partial charge < -0.3 is 24.8 Å². The van der Waals surface area contributed by atoms with Gasteiger partial charge in [0, 0.05) is 53.7 Å². The maximum Gasteiger partial charge on any atom is 0.293 e. The number of fused-ring (bicyclic) bond motifs is 1. The molecule has 9 heteroatoms. The zero-order chi connectivity index (χ0) is 20.5. The van der Waals surface area contributed by atoms with Gasteiger partial charge in [-0.2, -0.15) is 0 Å². The first-order valence-electron chi connectivity index (χ1n) is 9.13. The van der Waals surface area contributed by atoms with E-state index >= 15 is 0 Å². The molecule has 0 aliphatic rings. The predicted molar refractivity (Wildman–Crippen MR) is 107 cm³/mol. The van der Waals surface area contributed by atoms with Gasteiger partial charge in [-0.1, -0.05) is 12.1 Å². The summed E-state index contributed by atoms with van der Waals surface area (Å²) in [4.78, 5) is 42.5. The highest BCUT2D eigenvalue weighted by molar-refractivity contribution is 5.79. The minimum absolute atomic E-state index is 0.131. The van der Waals surface area contributed by atoms with Crippen LogP contribution < -0.4 is 21.1 Å². The summed E-state index contributed by atoms with van der Waals surface area (Å²) < 4.78 is 6.42. The lowest BCUT2D eigenvalue weighted by molar-refractivity contribution is -0.122. The zero-order valence-corrected chi connectivity index (χ0v) is 16.5. The largest absolute Gasteiger partial charge is 0.383 e. The van der Waals surface area contributed by atoms with Crippen molar-refractivity contribution in [3.8, 4) is 0 Å². The Labute approximate surface area is 163 Å². The highest BCUT2D eigenvalue weighted by Crippen LogP contribution is 2.13. The first-order chi connectivity index (χ1) is 13.4. The van der Waals surface area contributed by atoms with Crippen LogP contribution in [-0.2, 0) is 20.9 Å². The van der Waals surface area contributed by atoms with E-state index in [0.717, 1.165) is 0 Å². The molecular weight excluding hydrogens is 362 g/mol. The van der Waals surface area contributed by atoms with Crippen molar-refractivity contribution in [1.82, 2.24) is 20.2 Å². The number of aryl methyl sites for hydroxylation is 1. The number of hydrogen-bond acceptors (Lipinski definition) is 6. The summed E-state index contributed by atoms with van der Waals surface area (Å²) >= 11 is 0. The van der Waals surface area contributed by atoms with Gasteiger partial charge in [0.25, 0.3) is 5.56 Å². The van der Waals surface area contributed by atoms with Gasteiger partial charge in [0.05, 0.1) is 17.6 Å². The topological polar surface area (TPSA) is 106 Å². The maximum atomic E-state index is 12.7. The van der Waals surface area contributed by atoms with Crippen LogP contribution >= 0.6 is 0 Å². The molecule has 152 valence electrons. The Bertz CT molecular complexity index is 878. The molecule has 0 aliphatic heterocycles. The third-order valence-electron chi connectivity index (χ3n) is 4.12. The lowest BCUT2D eigenvalue weighted by Gasteiger charge is -2.16. The van der Waals surface area contributed by atoms with E-state index in [9.17, 15) is 14.4 Å². The lowest BCUT2D eigenvalue weighted by Crippen LogP contribution is -2.33. The van der Waals surface area contributed by atoms with Gasteiger partial charge in [-0.25, -0.2) is 4.98 Å². The number of nitrogens with one attached hydrogen (secondary N) is 2. The first-order valence-corrected chi connectivity index (χ1v) is 9.13. The van der Waals surface area contributed by atoms with Crippen LogP contribution in [0.25, 0.3) is 11.0 Å². The molecule has 0 saturated heterocycles. The van der Waals surface area contributed by atoms with E-state index in [1.807, 2.05) is 24.3 Å². The lowest BCUT2D eigenvalue weighted by atomic mass is 10.2. The fraction of sp³-hybridized carbons (Fsp3) is 0.474. The summed E-state index contributed by atoms with van der Waals surface area (Å²) in [5.41, 5.74) is 1.14. The number of nitrogens with zero attached hydrogens (tertiary/aromatic N) is 3. The fourth-order valence-electron chi connectivity index (χ4n) is 2.69. The molecule has 0 saturated carbocycles. The molecule has 28 heavy (non-hydrogen) atoms. The number of methoxy groups -OCH3 is 1. The number of anilines is 1. The number of rotatable bonds is 10. The Hall–Kier alpha value is -2.94. The van der Waals surface area contributed by atoms with Crippen molar-refractivity contribution in [3.63, 3.8) is 0 Å². The molecular formula is C19H27N5O4. The number of amides is 2. The van der Waals surface area contributed by atoms with Gasteiger partial charge in [0.1, 0.15) is 0 Å². The van der Waals surface area contributed by atoms with Gasteiger partial charge in [0.2, 0.25) is 11.8 Å². The summed E-state index contributed by atoms with van der Waals surface area (Å²) in [5.74, 6) is -0.0416. The van der Waals surface area contributed by atoms with Crippen molar-refractivity contribution in [2.24, 2.45) is 0 Å². The van der Waals surface area contributed by atoms with Crippen LogP contribution in [0.15, 0.2) is 29.1 Å². The van der Waals surface area contributed by atoms with Gasteiger partial charge >= 0.3 is 0 Å². The molecule has 2 aromatic rings. The molecule has 0 bridgehead atoms. The second kappa shape index (κ2) is 10.4. The molecule has 0 aliphatic carbocycles. The Balaban J connectivity index is 1.96. The van der Waals surface area contributed by atoms with Crippen molar-refractivity contribution in [2.75, 3.05) is 45.8 Å². The molecule has 0 radical (unpaired) electrons. The Morgan fingerprint density at radius 3 is 2.50 bits per heavy atom. The van der Waals surface area contributed by atoms with Gasteiger partial charge in [-0.15, -0.1) is 0 Å². The molecule has 2 N–H and O–H groups in total. The predicted octanol–water partition coefficient (Wildman–Crippen LogP) is 0.122. The number of hydrogen-bond donors (Lipinski definition) is 2. The molecule has 0 unspecified atom stereocenters. The summed E-state index contributed by atoms with van der Waals surface area (Å²) in [7, 11) is 5.08. The number of aromatic nitrogens is 2. The quantitative estimate of drug-likeness (QED) is 0.559. The normalized spacial score (nSPS) is 10.7. The van der Waals surface area contributed by atoms with Crippen LogP contribution in [0.2, 0.25) is 0 Å². The SMILES string of the molecule is COCCNC(=O)CCNC(=O)CCn1c(=O)c(N(C)C)nc2ccccc21. The number of carbonyl (C=O) groups is 2. The molecule has 0 spiro atoms.